The van der Waals surface area contributed by atoms with Crippen LogP contribution in [0.2, 0.25) is 0 Å². The number of primary amides is 1. The number of carbonyl (C=O) groups is 2. The number of rotatable bonds is 4. The number of piperidine rings is 1. The van der Waals surface area contributed by atoms with Crippen molar-refractivity contribution in [2.45, 2.75) is 25.7 Å². The van der Waals surface area contributed by atoms with E-state index in [0.717, 1.165) is 30.5 Å². The number of ketones is 1. The van der Waals surface area contributed by atoms with Crippen molar-refractivity contribution in [1.82, 2.24) is 9.97 Å². The zero-order valence-corrected chi connectivity index (χ0v) is 15.8. The predicted octanol–water partition coefficient (Wildman–Crippen LogP) is 2.64. The number of carbonyl (C=O) groups excluding carboxylic acids is 2. The number of nitrogens with zero attached hydrogens (tertiary/aromatic N) is 3. The molecule has 6 heteroatoms. The van der Waals surface area contributed by atoms with E-state index in [1.165, 1.54) is 0 Å². The van der Waals surface area contributed by atoms with Crippen molar-refractivity contribution in [3.05, 3.63) is 59.4 Å². The van der Waals surface area contributed by atoms with E-state index in [9.17, 15) is 9.59 Å². The van der Waals surface area contributed by atoms with Gasteiger partial charge in [-0.05, 0) is 30.7 Å². The highest BCUT2D eigenvalue weighted by molar-refractivity contribution is 5.98. The van der Waals surface area contributed by atoms with Gasteiger partial charge in [0.1, 0.15) is 0 Å². The Labute approximate surface area is 164 Å². The number of hydrogen-bond donors (Lipinski definition) is 1. The SMILES string of the molecule is NC(=O)C1CCN(c2ncc3c(n2)C[C@@H](/C=C/c2ccccc2)CC3=O)CC1. The molecule has 0 bridgehead atoms. The molecule has 1 aliphatic heterocycles. The zero-order chi connectivity index (χ0) is 19.5. The lowest BCUT2D eigenvalue weighted by molar-refractivity contribution is -0.122. The Balaban J connectivity index is 1.48. The van der Waals surface area contributed by atoms with Gasteiger partial charge in [0.25, 0.3) is 0 Å². The zero-order valence-electron chi connectivity index (χ0n) is 15.8. The molecular formula is C22H24N4O2. The summed E-state index contributed by atoms with van der Waals surface area (Å²) < 4.78 is 0. The summed E-state index contributed by atoms with van der Waals surface area (Å²) in [6, 6.07) is 10.1. The molecule has 1 aromatic carbocycles. The Kier molecular flexibility index (Phi) is 5.19. The molecule has 1 aliphatic carbocycles. The van der Waals surface area contributed by atoms with E-state index < -0.39 is 0 Å². The van der Waals surface area contributed by atoms with Crippen LogP contribution in [0.25, 0.3) is 6.08 Å². The summed E-state index contributed by atoms with van der Waals surface area (Å²) in [4.78, 5) is 35.1. The normalized spacial score (nSPS) is 20.4. The minimum atomic E-state index is -0.232. The van der Waals surface area contributed by atoms with E-state index in [2.05, 4.69) is 22.0 Å². The number of benzene rings is 1. The third-order valence-electron chi connectivity index (χ3n) is 5.60. The number of nitrogens with two attached hydrogens (primary N) is 1. The molecule has 0 saturated carbocycles. The van der Waals surface area contributed by atoms with E-state index >= 15 is 0 Å². The highest BCUT2D eigenvalue weighted by Crippen LogP contribution is 2.28. The van der Waals surface area contributed by atoms with Crippen LogP contribution < -0.4 is 10.6 Å². The molecular weight excluding hydrogens is 352 g/mol. The number of aromatic nitrogens is 2. The van der Waals surface area contributed by atoms with Gasteiger partial charge < -0.3 is 10.6 Å². The van der Waals surface area contributed by atoms with Crippen LogP contribution in [0.1, 0.15) is 40.9 Å². The molecule has 4 rings (SSSR count). The highest BCUT2D eigenvalue weighted by Gasteiger charge is 2.28. The number of fused-ring (bicyclic) bond motifs is 1. The Hall–Kier alpha value is -3.02. The second kappa shape index (κ2) is 7.92. The third-order valence-corrected chi connectivity index (χ3v) is 5.60. The van der Waals surface area contributed by atoms with Crippen molar-refractivity contribution >= 4 is 23.7 Å². The van der Waals surface area contributed by atoms with Gasteiger partial charge in [0, 0.05) is 31.6 Å². The van der Waals surface area contributed by atoms with Crippen LogP contribution in [-0.4, -0.2) is 34.7 Å². The molecule has 1 saturated heterocycles. The first-order valence-electron chi connectivity index (χ1n) is 9.77. The second-order valence-electron chi connectivity index (χ2n) is 7.56. The van der Waals surface area contributed by atoms with Crippen LogP contribution in [0.4, 0.5) is 5.95 Å². The lowest BCUT2D eigenvalue weighted by Gasteiger charge is -2.31. The molecule has 1 amide bonds. The molecule has 2 aliphatic rings. The van der Waals surface area contributed by atoms with E-state index in [-0.39, 0.29) is 23.5 Å². The van der Waals surface area contributed by atoms with Crippen LogP contribution in [0.5, 0.6) is 0 Å². The second-order valence-corrected chi connectivity index (χ2v) is 7.56. The molecule has 0 unspecified atom stereocenters. The number of Topliss-reactive ketones (excluding diaryl/α,β-unsaturated/α-hetero) is 1. The number of anilines is 1. The first-order valence-corrected chi connectivity index (χ1v) is 9.77. The number of allylic oxidation sites excluding steroid dienone is 1. The van der Waals surface area contributed by atoms with Crippen LogP contribution in [0.15, 0.2) is 42.6 Å². The van der Waals surface area contributed by atoms with E-state index in [1.54, 1.807) is 6.20 Å². The summed E-state index contributed by atoms with van der Waals surface area (Å²) in [6.07, 6.45) is 8.50. The smallest absolute Gasteiger partial charge is 0.225 e. The van der Waals surface area contributed by atoms with Gasteiger partial charge >= 0.3 is 0 Å². The number of amides is 1. The van der Waals surface area contributed by atoms with Gasteiger partial charge in [-0.3, -0.25) is 9.59 Å². The maximum absolute atomic E-state index is 12.5. The van der Waals surface area contributed by atoms with E-state index in [0.29, 0.717) is 31.0 Å². The van der Waals surface area contributed by atoms with Crippen LogP contribution in [0.3, 0.4) is 0 Å². The molecule has 1 fully saturated rings. The average molecular weight is 376 g/mol. The van der Waals surface area contributed by atoms with Gasteiger partial charge in [-0.1, -0.05) is 42.5 Å². The minimum absolute atomic E-state index is 0.0667. The maximum Gasteiger partial charge on any atom is 0.225 e. The quantitative estimate of drug-likeness (QED) is 0.886. The predicted molar refractivity (Wildman–Crippen MR) is 108 cm³/mol. The summed E-state index contributed by atoms with van der Waals surface area (Å²) in [7, 11) is 0. The van der Waals surface area contributed by atoms with Gasteiger partial charge in [0.05, 0.1) is 11.3 Å². The maximum atomic E-state index is 12.5. The summed E-state index contributed by atoms with van der Waals surface area (Å²) in [5.74, 6) is 0.585. The first-order chi connectivity index (χ1) is 13.6. The molecule has 0 radical (unpaired) electrons. The first kappa shape index (κ1) is 18.3. The van der Waals surface area contributed by atoms with Gasteiger partial charge in [0.15, 0.2) is 5.78 Å². The van der Waals surface area contributed by atoms with Crippen molar-refractivity contribution < 1.29 is 9.59 Å². The molecule has 144 valence electrons. The lowest BCUT2D eigenvalue weighted by Crippen LogP contribution is -2.39. The molecule has 1 atom stereocenters. The fraction of sp³-hybridized carbons (Fsp3) is 0.364. The fourth-order valence-corrected chi connectivity index (χ4v) is 3.93. The standard InChI is InChI=1S/C22H24N4O2/c23-21(28)17-8-10-26(11-9-17)22-24-14-18-19(25-22)12-16(13-20(18)27)7-6-15-4-2-1-3-5-15/h1-7,14,16-17H,8-13H2,(H2,23,28)/b7-6+/t16-/m1/s1. The van der Waals surface area contributed by atoms with Crippen LogP contribution >= 0.6 is 0 Å². The Bertz CT molecular complexity index is 902. The Morgan fingerprint density at radius 3 is 2.61 bits per heavy atom. The molecule has 28 heavy (non-hydrogen) atoms. The highest BCUT2D eigenvalue weighted by atomic mass is 16.1. The van der Waals surface area contributed by atoms with Gasteiger partial charge in [-0.15, -0.1) is 0 Å². The summed E-state index contributed by atoms with van der Waals surface area (Å²) >= 11 is 0. The topological polar surface area (TPSA) is 89.2 Å². The van der Waals surface area contributed by atoms with Crippen molar-refractivity contribution in [3.63, 3.8) is 0 Å². The van der Waals surface area contributed by atoms with Crippen molar-refractivity contribution in [1.29, 1.82) is 0 Å². The summed E-state index contributed by atoms with van der Waals surface area (Å²) in [6.45, 7) is 1.41. The molecule has 2 N–H and O–H groups in total. The lowest BCUT2D eigenvalue weighted by atomic mass is 9.86. The largest absolute Gasteiger partial charge is 0.369 e. The third kappa shape index (κ3) is 3.96. The van der Waals surface area contributed by atoms with Crippen LogP contribution in [-0.2, 0) is 11.2 Å². The van der Waals surface area contributed by atoms with Gasteiger partial charge in [-0.25, -0.2) is 9.97 Å². The monoisotopic (exact) mass is 376 g/mol. The molecule has 6 nitrogen and oxygen atoms in total. The van der Waals surface area contributed by atoms with Gasteiger partial charge in [-0.2, -0.15) is 0 Å². The summed E-state index contributed by atoms with van der Waals surface area (Å²) in [5.41, 5.74) is 8.00. The summed E-state index contributed by atoms with van der Waals surface area (Å²) in [5, 5.41) is 0. The van der Waals surface area contributed by atoms with Crippen LogP contribution in [0, 0.1) is 11.8 Å². The minimum Gasteiger partial charge on any atom is -0.369 e. The molecule has 1 aromatic heterocycles. The Morgan fingerprint density at radius 1 is 1.14 bits per heavy atom. The van der Waals surface area contributed by atoms with Crippen molar-refractivity contribution in [2.75, 3.05) is 18.0 Å². The van der Waals surface area contributed by atoms with Gasteiger partial charge in [0.2, 0.25) is 11.9 Å². The molecule has 2 heterocycles. The number of hydrogen-bond acceptors (Lipinski definition) is 5. The Morgan fingerprint density at radius 2 is 1.89 bits per heavy atom. The fourth-order valence-electron chi connectivity index (χ4n) is 3.93. The van der Waals surface area contributed by atoms with Crippen molar-refractivity contribution in [2.24, 2.45) is 17.6 Å². The van der Waals surface area contributed by atoms with Crippen molar-refractivity contribution in [3.8, 4) is 0 Å². The molecule has 2 aromatic rings. The van der Waals surface area contributed by atoms with E-state index in [1.807, 2.05) is 30.3 Å². The average Bonchev–Trinajstić information content (AvgIpc) is 2.73. The molecule has 0 spiro atoms. The van der Waals surface area contributed by atoms with E-state index in [4.69, 9.17) is 10.7 Å².